The molecule has 2 rings (SSSR count). The van der Waals surface area contributed by atoms with Crippen molar-refractivity contribution in [1.82, 2.24) is 0 Å². The van der Waals surface area contributed by atoms with Gasteiger partial charge in [0.15, 0.2) is 11.6 Å². The zero-order chi connectivity index (χ0) is 14.7. The lowest BCUT2D eigenvalue weighted by molar-refractivity contribution is 0.506. The zero-order valence-corrected chi connectivity index (χ0v) is 12.4. The standard InChI is InChI=1S/C15H14ClF2NS/c1-9(19)6-10-2-5-15(12(16)7-10)20-11-3-4-13(17)14(18)8-11/h2-5,7-9H,6,19H2,1H3. The van der Waals surface area contributed by atoms with Gasteiger partial charge in [0.1, 0.15) is 0 Å². The molecule has 0 aliphatic rings. The highest BCUT2D eigenvalue weighted by Crippen LogP contribution is 2.34. The summed E-state index contributed by atoms with van der Waals surface area (Å²) in [5, 5.41) is 0.581. The van der Waals surface area contributed by atoms with Crippen LogP contribution < -0.4 is 5.73 Å². The van der Waals surface area contributed by atoms with Crippen LogP contribution in [0.3, 0.4) is 0 Å². The summed E-state index contributed by atoms with van der Waals surface area (Å²) in [4.78, 5) is 1.40. The Labute approximate surface area is 126 Å². The molecule has 0 spiro atoms. The largest absolute Gasteiger partial charge is 0.328 e. The number of hydrogen-bond donors (Lipinski definition) is 1. The average molecular weight is 314 g/mol. The highest BCUT2D eigenvalue weighted by molar-refractivity contribution is 7.99. The fourth-order valence-corrected chi connectivity index (χ4v) is 2.96. The van der Waals surface area contributed by atoms with Crippen molar-refractivity contribution in [2.45, 2.75) is 29.2 Å². The van der Waals surface area contributed by atoms with E-state index >= 15 is 0 Å². The lowest BCUT2D eigenvalue weighted by Crippen LogP contribution is -2.17. The van der Waals surface area contributed by atoms with E-state index < -0.39 is 11.6 Å². The molecule has 0 amide bonds. The molecule has 20 heavy (non-hydrogen) atoms. The van der Waals surface area contributed by atoms with Crippen molar-refractivity contribution in [1.29, 1.82) is 0 Å². The fourth-order valence-electron chi connectivity index (χ4n) is 1.79. The van der Waals surface area contributed by atoms with Gasteiger partial charge in [0.05, 0.1) is 5.02 Å². The van der Waals surface area contributed by atoms with E-state index in [0.717, 1.165) is 29.0 Å². The number of nitrogens with two attached hydrogens (primary N) is 1. The summed E-state index contributed by atoms with van der Waals surface area (Å²) in [6.07, 6.45) is 0.746. The van der Waals surface area contributed by atoms with Crippen LogP contribution in [0.1, 0.15) is 12.5 Å². The normalized spacial score (nSPS) is 12.4. The molecule has 0 saturated carbocycles. The maximum atomic E-state index is 13.2. The van der Waals surface area contributed by atoms with Crippen LogP contribution in [0, 0.1) is 11.6 Å². The molecule has 0 bridgehead atoms. The van der Waals surface area contributed by atoms with Gasteiger partial charge in [-0.05, 0) is 49.2 Å². The summed E-state index contributed by atoms with van der Waals surface area (Å²) in [5.41, 5.74) is 6.80. The van der Waals surface area contributed by atoms with Crippen LogP contribution in [0.4, 0.5) is 8.78 Å². The third-order valence-electron chi connectivity index (χ3n) is 2.67. The topological polar surface area (TPSA) is 26.0 Å². The Morgan fingerprint density at radius 2 is 1.90 bits per heavy atom. The highest BCUT2D eigenvalue weighted by Gasteiger charge is 2.08. The van der Waals surface area contributed by atoms with E-state index in [1.807, 2.05) is 25.1 Å². The molecule has 106 valence electrons. The first-order valence-electron chi connectivity index (χ1n) is 6.12. The van der Waals surface area contributed by atoms with Gasteiger partial charge in [-0.25, -0.2) is 8.78 Å². The predicted molar refractivity (Wildman–Crippen MR) is 79.3 cm³/mol. The number of benzene rings is 2. The summed E-state index contributed by atoms with van der Waals surface area (Å²) in [5.74, 6) is -1.72. The van der Waals surface area contributed by atoms with Gasteiger partial charge in [0.25, 0.3) is 0 Å². The molecule has 5 heteroatoms. The van der Waals surface area contributed by atoms with E-state index in [2.05, 4.69) is 0 Å². The molecule has 2 aromatic carbocycles. The summed E-state index contributed by atoms with van der Waals surface area (Å²) in [6, 6.07) is 9.52. The van der Waals surface area contributed by atoms with Gasteiger partial charge < -0.3 is 5.73 Å². The van der Waals surface area contributed by atoms with Crippen molar-refractivity contribution in [3.63, 3.8) is 0 Å². The van der Waals surface area contributed by atoms with Crippen LogP contribution in [0.15, 0.2) is 46.2 Å². The van der Waals surface area contributed by atoms with Crippen molar-refractivity contribution in [2.24, 2.45) is 5.73 Å². The van der Waals surface area contributed by atoms with Gasteiger partial charge in [0.2, 0.25) is 0 Å². The second-order valence-electron chi connectivity index (χ2n) is 4.62. The Balaban J connectivity index is 2.19. The second kappa shape index (κ2) is 6.57. The molecule has 0 heterocycles. The van der Waals surface area contributed by atoms with Crippen molar-refractivity contribution < 1.29 is 8.78 Å². The molecule has 1 unspecified atom stereocenters. The lowest BCUT2D eigenvalue weighted by Gasteiger charge is -2.09. The van der Waals surface area contributed by atoms with E-state index in [9.17, 15) is 8.78 Å². The molecule has 2 aromatic rings. The number of rotatable bonds is 4. The molecule has 1 nitrogen and oxygen atoms in total. The number of halogens is 3. The maximum Gasteiger partial charge on any atom is 0.159 e. The first-order valence-corrected chi connectivity index (χ1v) is 7.32. The molecule has 0 radical (unpaired) electrons. The van der Waals surface area contributed by atoms with Crippen LogP contribution in [0.5, 0.6) is 0 Å². The smallest absolute Gasteiger partial charge is 0.159 e. The summed E-state index contributed by atoms with van der Waals surface area (Å²) < 4.78 is 26.0. The molecule has 0 aliphatic carbocycles. The van der Waals surface area contributed by atoms with E-state index in [0.29, 0.717) is 9.92 Å². The Kier molecular flexibility index (Phi) is 5.02. The first-order chi connectivity index (χ1) is 9.45. The zero-order valence-electron chi connectivity index (χ0n) is 10.9. The average Bonchev–Trinajstić information content (AvgIpc) is 2.36. The van der Waals surface area contributed by atoms with E-state index in [4.69, 9.17) is 17.3 Å². The third-order valence-corrected chi connectivity index (χ3v) is 4.16. The molecule has 2 N–H and O–H groups in total. The van der Waals surface area contributed by atoms with Crippen LogP contribution in [0.2, 0.25) is 5.02 Å². The fraction of sp³-hybridized carbons (Fsp3) is 0.200. The van der Waals surface area contributed by atoms with Crippen LogP contribution >= 0.6 is 23.4 Å². The first kappa shape index (κ1) is 15.3. The minimum absolute atomic E-state index is 0.0655. The molecule has 1 atom stereocenters. The quantitative estimate of drug-likeness (QED) is 0.888. The van der Waals surface area contributed by atoms with Gasteiger partial charge in [-0.1, -0.05) is 29.4 Å². The minimum Gasteiger partial charge on any atom is -0.328 e. The lowest BCUT2D eigenvalue weighted by atomic mass is 10.1. The van der Waals surface area contributed by atoms with Crippen molar-refractivity contribution in [3.8, 4) is 0 Å². The van der Waals surface area contributed by atoms with Gasteiger partial charge in [-0.2, -0.15) is 0 Å². The minimum atomic E-state index is -0.861. The van der Waals surface area contributed by atoms with Crippen LogP contribution in [-0.2, 0) is 6.42 Å². The SMILES string of the molecule is CC(N)Cc1ccc(Sc2ccc(F)c(F)c2)c(Cl)c1. The highest BCUT2D eigenvalue weighted by atomic mass is 35.5. The molecule has 0 saturated heterocycles. The number of hydrogen-bond acceptors (Lipinski definition) is 2. The van der Waals surface area contributed by atoms with Crippen molar-refractivity contribution in [3.05, 3.63) is 58.6 Å². The Morgan fingerprint density at radius 3 is 2.50 bits per heavy atom. The van der Waals surface area contributed by atoms with Crippen LogP contribution in [0.25, 0.3) is 0 Å². The van der Waals surface area contributed by atoms with Gasteiger partial charge in [-0.3, -0.25) is 0 Å². The van der Waals surface area contributed by atoms with Crippen LogP contribution in [-0.4, -0.2) is 6.04 Å². The summed E-state index contributed by atoms with van der Waals surface area (Å²) in [7, 11) is 0. The molecule has 0 aliphatic heterocycles. The van der Waals surface area contributed by atoms with Gasteiger partial charge in [0, 0.05) is 15.8 Å². The van der Waals surface area contributed by atoms with Crippen molar-refractivity contribution in [2.75, 3.05) is 0 Å². The van der Waals surface area contributed by atoms with E-state index in [-0.39, 0.29) is 6.04 Å². The van der Waals surface area contributed by atoms with Gasteiger partial charge >= 0.3 is 0 Å². The summed E-state index contributed by atoms with van der Waals surface area (Å²) in [6.45, 7) is 1.93. The van der Waals surface area contributed by atoms with E-state index in [1.54, 1.807) is 0 Å². The molecular weight excluding hydrogens is 300 g/mol. The predicted octanol–water partition coefficient (Wildman–Crippen LogP) is 4.66. The Morgan fingerprint density at radius 1 is 1.15 bits per heavy atom. The van der Waals surface area contributed by atoms with Crippen molar-refractivity contribution >= 4 is 23.4 Å². The molecule has 0 fully saturated rings. The van der Waals surface area contributed by atoms with E-state index in [1.165, 1.54) is 17.8 Å². The summed E-state index contributed by atoms with van der Waals surface area (Å²) >= 11 is 7.50. The third kappa shape index (κ3) is 3.95. The molecule has 0 aromatic heterocycles. The van der Waals surface area contributed by atoms with Gasteiger partial charge in [-0.15, -0.1) is 0 Å². The molecular formula is C15H14ClF2NS. The Hall–Kier alpha value is -1.10. The Bertz CT molecular complexity index is 617. The monoisotopic (exact) mass is 313 g/mol. The second-order valence-corrected chi connectivity index (χ2v) is 6.15. The maximum absolute atomic E-state index is 13.2.